The van der Waals surface area contributed by atoms with Crippen molar-refractivity contribution in [2.75, 3.05) is 10.7 Å². The molecule has 12 heteroatoms. The SMILES string of the molecule is Cc1cc(C)c(N2C(=O)CSC2=NC(=O)CC2CC2c2ccc(-c3ncn(-c4ccc(OC(F)(F)F)cc4)n3)cc2)c(C)c1. The van der Waals surface area contributed by atoms with Crippen molar-refractivity contribution in [3.63, 3.8) is 0 Å². The molecule has 0 N–H and O–H groups in total. The van der Waals surface area contributed by atoms with Gasteiger partial charge in [-0.2, -0.15) is 4.99 Å². The number of amidine groups is 1. The third kappa shape index (κ3) is 6.40. The van der Waals surface area contributed by atoms with Crippen molar-refractivity contribution >= 4 is 34.4 Å². The van der Waals surface area contributed by atoms with Crippen molar-refractivity contribution in [3.05, 3.63) is 89.2 Å². The summed E-state index contributed by atoms with van der Waals surface area (Å²) in [4.78, 5) is 36.0. The van der Waals surface area contributed by atoms with Crippen molar-refractivity contribution in [1.29, 1.82) is 0 Å². The Morgan fingerprint density at radius 2 is 1.73 bits per heavy atom. The van der Waals surface area contributed by atoms with Crippen LogP contribution in [0.1, 0.15) is 41.0 Å². The van der Waals surface area contributed by atoms with Crippen LogP contribution in [0.5, 0.6) is 5.75 Å². The normalized spacial score (nSPS) is 19.1. The first-order valence-corrected chi connectivity index (χ1v) is 15.0. The molecule has 44 heavy (non-hydrogen) atoms. The molecule has 1 saturated heterocycles. The maximum Gasteiger partial charge on any atom is 0.573 e. The highest BCUT2D eigenvalue weighted by Crippen LogP contribution is 2.50. The zero-order valence-corrected chi connectivity index (χ0v) is 24.9. The van der Waals surface area contributed by atoms with Crippen LogP contribution in [0.3, 0.4) is 0 Å². The molecule has 226 valence electrons. The molecular formula is C32H28F3N5O3S. The van der Waals surface area contributed by atoms with E-state index in [0.717, 1.165) is 39.9 Å². The number of nitrogens with zero attached hydrogens (tertiary/aromatic N) is 5. The summed E-state index contributed by atoms with van der Waals surface area (Å²) in [6, 6.07) is 17.2. The molecule has 2 unspecified atom stereocenters. The summed E-state index contributed by atoms with van der Waals surface area (Å²) < 4.78 is 42.6. The van der Waals surface area contributed by atoms with Crippen LogP contribution in [0, 0.1) is 26.7 Å². The molecule has 8 nitrogen and oxygen atoms in total. The zero-order valence-electron chi connectivity index (χ0n) is 24.1. The number of hydrogen-bond donors (Lipinski definition) is 0. The molecule has 2 aliphatic rings. The van der Waals surface area contributed by atoms with Crippen LogP contribution in [0.25, 0.3) is 17.1 Å². The number of carbonyl (C=O) groups is 2. The summed E-state index contributed by atoms with van der Waals surface area (Å²) in [6.45, 7) is 5.94. The van der Waals surface area contributed by atoms with Gasteiger partial charge in [-0.1, -0.05) is 53.7 Å². The molecule has 0 spiro atoms. The summed E-state index contributed by atoms with van der Waals surface area (Å²) in [5.74, 6) is 0.530. The quantitative estimate of drug-likeness (QED) is 0.223. The Hall–Kier alpha value is -4.45. The highest BCUT2D eigenvalue weighted by atomic mass is 32.2. The maximum atomic E-state index is 13.0. The molecule has 1 aliphatic carbocycles. The number of thioether (sulfide) groups is 1. The monoisotopic (exact) mass is 619 g/mol. The van der Waals surface area contributed by atoms with Gasteiger partial charge in [0.15, 0.2) is 11.0 Å². The van der Waals surface area contributed by atoms with Crippen LogP contribution in [0.4, 0.5) is 18.9 Å². The molecule has 1 aromatic heterocycles. The van der Waals surface area contributed by atoms with Crippen LogP contribution in [-0.4, -0.2) is 43.9 Å². The predicted octanol–water partition coefficient (Wildman–Crippen LogP) is 6.91. The average Bonchev–Trinajstić information content (AvgIpc) is 3.36. The number of ether oxygens (including phenoxy) is 1. The Morgan fingerprint density at radius 1 is 1.05 bits per heavy atom. The number of carbonyl (C=O) groups excluding carboxylic acids is 2. The van der Waals surface area contributed by atoms with Gasteiger partial charge in [0.25, 0.3) is 0 Å². The topological polar surface area (TPSA) is 89.7 Å². The molecule has 0 bridgehead atoms. The molecule has 3 aromatic carbocycles. The highest BCUT2D eigenvalue weighted by molar-refractivity contribution is 8.15. The lowest BCUT2D eigenvalue weighted by atomic mass is 10.0. The van der Waals surface area contributed by atoms with Crippen molar-refractivity contribution in [3.8, 4) is 22.8 Å². The number of amides is 2. The number of hydrogen-bond acceptors (Lipinski definition) is 6. The molecule has 1 aliphatic heterocycles. The maximum absolute atomic E-state index is 13.0. The lowest BCUT2D eigenvalue weighted by Crippen LogP contribution is -2.31. The first-order chi connectivity index (χ1) is 20.9. The van der Waals surface area contributed by atoms with E-state index >= 15 is 0 Å². The van der Waals surface area contributed by atoms with E-state index in [0.29, 0.717) is 23.1 Å². The molecule has 0 radical (unpaired) electrons. The van der Waals surface area contributed by atoms with Gasteiger partial charge >= 0.3 is 6.36 Å². The van der Waals surface area contributed by atoms with Crippen LogP contribution < -0.4 is 9.64 Å². The summed E-state index contributed by atoms with van der Waals surface area (Å²) in [6.07, 6.45) is -2.07. The van der Waals surface area contributed by atoms with Crippen LogP contribution >= 0.6 is 11.8 Å². The van der Waals surface area contributed by atoms with Gasteiger partial charge in [-0.25, -0.2) is 9.67 Å². The summed E-state index contributed by atoms with van der Waals surface area (Å²) >= 11 is 1.30. The van der Waals surface area contributed by atoms with E-state index in [4.69, 9.17) is 0 Å². The second kappa shape index (κ2) is 11.6. The van der Waals surface area contributed by atoms with Crippen molar-refractivity contribution in [1.82, 2.24) is 14.8 Å². The van der Waals surface area contributed by atoms with E-state index in [1.54, 1.807) is 4.90 Å². The predicted molar refractivity (Wildman–Crippen MR) is 162 cm³/mol. The van der Waals surface area contributed by atoms with Gasteiger partial charge in [0.2, 0.25) is 11.8 Å². The fourth-order valence-electron chi connectivity index (χ4n) is 5.65. The molecule has 6 rings (SSSR count). The Kier molecular flexibility index (Phi) is 7.79. The van der Waals surface area contributed by atoms with Gasteiger partial charge < -0.3 is 4.74 Å². The molecule has 2 heterocycles. The largest absolute Gasteiger partial charge is 0.573 e. The number of benzene rings is 3. The van der Waals surface area contributed by atoms with E-state index in [-0.39, 0.29) is 35.2 Å². The minimum absolute atomic E-state index is 0.0752. The van der Waals surface area contributed by atoms with Gasteiger partial charge in [0, 0.05) is 12.0 Å². The Morgan fingerprint density at radius 3 is 2.39 bits per heavy atom. The number of aryl methyl sites for hydroxylation is 3. The standard InChI is InChI=1S/C32H28F3N5O3S/c1-18-12-19(2)29(20(3)13-18)40-28(42)16-44-31(40)37-27(41)15-23-14-26(23)21-4-6-22(7-5-21)30-36-17-39(38-30)24-8-10-25(11-9-24)43-32(33,34)35/h4-13,17,23,26H,14-16H2,1-3H3. The fraction of sp³-hybridized carbons (Fsp3) is 0.281. The second-order valence-corrected chi connectivity index (χ2v) is 12.0. The fourth-order valence-corrected chi connectivity index (χ4v) is 6.52. The highest BCUT2D eigenvalue weighted by Gasteiger charge is 2.40. The zero-order chi connectivity index (χ0) is 31.2. The third-order valence-corrected chi connectivity index (χ3v) is 8.55. The number of aliphatic imine (C=N–C) groups is 1. The Labute approximate surface area is 256 Å². The molecule has 2 fully saturated rings. The third-order valence-electron chi connectivity index (χ3n) is 7.63. The van der Waals surface area contributed by atoms with E-state index in [1.807, 2.05) is 57.2 Å². The second-order valence-electron chi connectivity index (χ2n) is 11.0. The molecule has 2 atom stereocenters. The van der Waals surface area contributed by atoms with Crippen molar-refractivity contribution in [2.45, 2.75) is 45.9 Å². The minimum atomic E-state index is -4.75. The van der Waals surface area contributed by atoms with Crippen LogP contribution in [-0.2, 0) is 9.59 Å². The van der Waals surface area contributed by atoms with E-state index in [9.17, 15) is 22.8 Å². The lowest BCUT2D eigenvalue weighted by molar-refractivity contribution is -0.274. The van der Waals surface area contributed by atoms with Gasteiger partial charge in [-0.3, -0.25) is 14.5 Å². The Bertz CT molecular complexity index is 1740. The molecule has 2 amide bonds. The number of aromatic nitrogens is 3. The first kappa shape index (κ1) is 29.6. The van der Waals surface area contributed by atoms with Gasteiger partial charge in [-0.05, 0) is 80.0 Å². The lowest BCUT2D eigenvalue weighted by Gasteiger charge is -2.21. The smallest absolute Gasteiger partial charge is 0.406 e. The van der Waals surface area contributed by atoms with Gasteiger partial charge in [0.1, 0.15) is 12.1 Å². The first-order valence-electron chi connectivity index (χ1n) is 14.0. The number of rotatable bonds is 7. The van der Waals surface area contributed by atoms with E-state index < -0.39 is 6.36 Å². The van der Waals surface area contributed by atoms with Crippen molar-refractivity contribution < 1.29 is 27.5 Å². The number of anilines is 1. The molecule has 4 aromatic rings. The van der Waals surface area contributed by atoms with Gasteiger partial charge in [0.05, 0.1) is 17.1 Å². The molecule has 1 saturated carbocycles. The summed E-state index contributed by atoms with van der Waals surface area (Å²) in [7, 11) is 0. The summed E-state index contributed by atoms with van der Waals surface area (Å²) in [5, 5.41) is 4.89. The number of alkyl halides is 3. The van der Waals surface area contributed by atoms with Crippen LogP contribution in [0.2, 0.25) is 0 Å². The number of halogens is 3. The van der Waals surface area contributed by atoms with E-state index in [2.05, 4.69) is 19.8 Å². The summed E-state index contributed by atoms with van der Waals surface area (Å²) in [5.41, 5.74) is 6.29. The van der Waals surface area contributed by atoms with Crippen LogP contribution in [0.15, 0.2) is 72.0 Å². The van der Waals surface area contributed by atoms with Crippen molar-refractivity contribution in [2.24, 2.45) is 10.9 Å². The Balaban J connectivity index is 1.08. The van der Waals surface area contributed by atoms with E-state index in [1.165, 1.54) is 47.0 Å². The van der Waals surface area contributed by atoms with Gasteiger partial charge in [-0.15, -0.1) is 18.3 Å². The average molecular weight is 620 g/mol. The minimum Gasteiger partial charge on any atom is -0.406 e. The molecular weight excluding hydrogens is 591 g/mol.